The number of imidazole rings is 1. The van der Waals surface area contributed by atoms with Gasteiger partial charge in [-0.3, -0.25) is 9.20 Å². The van der Waals surface area contributed by atoms with Gasteiger partial charge in [0.05, 0.1) is 17.1 Å². The second-order valence-corrected chi connectivity index (χ2v) is 7.32. The van der Waals surface area contributed by atoms with Crippen LogP contribution in [0, 0.1) is 6.92 Å². The van der Waals surface area contributed by atoms with Crippen molar-refractivity contribution in [3.63, 3.8) is 0 Å². The van der Waals surface area contributed by atoms with Gasteiger partial charge >= 0.3 is 5.97 Å². The summed E-state index contributed by atoms with van der Waals surface area (Å²) in [5.41, 5.74) is 2.98. The van der Waals surface area contributed by atoms with E-state index in [1.54, 1.807) is 10.5 Å². The van der Waals surface area contributed by atoms with E-state index in [-0.39, 0.29) is 18.2 Å². The van der Waals surface area contributed by atoms with Crippen LogP contribution in [0.5, 0.6) is 5.75 Å². The van der Waals surface area contributed by atoms with E-state index in [2.05, 4.69) is 10.3 Å². The molecule has 2 N–H and O–H groups in total. The van der Waals surface area contributed by atoms with Gasteiger partial charge in [0.1, 0.15) is 5.75 Å². The zero-order valence-electron chi connectivity index (χ0n) is 14.3. The zero-order valence-corrected chi connectivity index (χ0v) is 15.1. The number of thiazole rings is 1. The van der Waals surface area contributed by atoms with Crippen LogP contribution in [0.1, 0.15) is 34.4 Å². The molecule has 0 bridgehead atoms. The monoisotopic (exact) mass is 371 g/mol. The van der Waals surface area contributed by atoms with Crippen LogP contribution < -0.4 is 10.1 Å². The van der Waals surface area contributed by atoms with Gasteiger partial charge in [-0.1, -0.05) is 13.3 Å². The molecule has 0 saturated heterocycles. The third-order valence-electron chi connectivity index (χ3n) is 4.30. The predicted octanol–water partition coefficient (Wildman–Crippen LogP) is 3.35. The maximum absolute atomic E-state index is 11.9. The first-order chi connectivity index (χ1) is 12.5. The number of aryl methyl sites for hydroxylation is 2. The molecule has 26 heavy (non-hydrogen) atoms. The second kappa shape index (κ2) is 6.14. The van der Waals surface area contributed by atoms with Crippen molar-refractivity contribution < 1.29 is 19.4 Å². The molecule has 0 spiro atoms. The fourth-order valence-corrected chi connectivity index (χ4v) is 4.26. The van der Waals surface area contributed by atoms with Crippen molar-refractivity contribution in [2.75, 3.05) is 11.9 Å². The molecule has 3 heterocycles. The number of nitrogens with zero attached hydrogens (tertiary/aromatic N) is 2. The number of aromatic carboxylic acids is 1. The molecule has 0 unspecified atom stereocenters. The van der Waals surface area contributed by atoms with Gasteiger partial charge in [0, 0.05) is 10.4 Å². The second-order valence-electron chi connectivity index (χ2n) is 6.13. The van der Waals surface area contributed by atoms with Gasteiger partial charge in [-0.25, -0.2) is 9.78 Å². The van der Waals surface area contributed by atoms with Gasteiger partial charge in [0.2, 0.25) is 0 Å². The van der Waals surface area contributed by atoms with E-state index in [9.17, 15) is 14.7 Å². The highest BCUT2D eigenvalue weighted by Crippen LogP contribution is 2.38. The predicted molar refractivity (Wildman–Crippen MR) is 98.3 cm³/mol. The number of aromatic nitrogens is 2. The Balaban J connectivity index is 1.94. The number of ether oxygens (including phenoxy) is 1. The van der Waals surface area contributed by atoms with Gasteiger partial charge in [-0.2, -0.15) is 0 Å². The maximum atomic E-state index is 11.9. The molecule has 1 amide bonds. The fourth-order valence-electron chi connectivity index (χ4n) is 3.25. The topological polar surface area (TPSA) is 92.9 Å². The van der Waals surface area contributed by atoms with Crippen molar-refractivity contribution in [2.45, 2.75) is 26.7 Å². The van der Waals surface area contributed by atoms with Crippen LogP contribution >= 0.6 is 11.3 Å². The summed E-state index contributed by atoms with van der Waals surface area (Å²) in [6.07, 6.45) is 1.43. The van der Waals surface area contributed by atoms with Crippen LogP contribution in [-0.4, -0.2) is 33.0 Å². The lowest BCUT2D eigenvalue weighted by Crippen LogP contribution is -2.25. The number of hydrogen-bond acceptors (Lipinski definition) is 5. The molecule has 4 rings (SSSR count). The molecule has 0 radical (unpaired) electrons. The number of fused-ring (bicyclic) bond motifs is 2. The number of carbonyl (C=O) groups is 2. The van der Waals surface area contributed by atoms with E-state index in [4.69, 9.17) is 4.74 Å². The minimum atomic E-state index is -0.991. The van der Waals surface area contributed by atoms with Crippen LogP contribution in [0.3, 0.4) is 0 Å². The van der Waals surface area contributed by atoms with Crippen molar-refractivity contribution in [3.8, 4) is 17.0 Å². The fraction of sp³-hybridized carbons (Fsp3) is 0.278. The van der Waals surface area contributed by atoms with E-state index in [1.165, 1.54) is 11.3 Å². The molecular formula is C18H17N3O4S. The van der Waals surface area contributed by atoms with Crippen LogP contribution in [-0.2, 0) is 11.2 Å². The summed E-state index contributed by atoms with van der Waals surface area (Å²) in [5, 5.41) is 12.5. The average molecular weight is 371 g/mol. The first kappa shape index (κ1) is 16.6. The number of benzene rings is 1. The largest absolute Gasteiger partial charge is 0.482 e. The van der Waals surface area contributed by atoms with E-state index in [0.29, 0.717) is 28.5 Å². The maximum Gasteiger partial charge on any atom is 0.354 e. The van der Waals surface area contributed by atoms with E-state index in [1.807, 2.05) is 26.0 Å². The molecule has 0 aliphatic carbocycles. The number of nitrogens with one attached hydrogen (secondary N) is 1. The molecule has 2 aromatic heterocycles. The summed E-state index contributed by atoms with van der Waals surface area (Å²) in [5.74, 6) is -0.594. The molecule has 0 fully saturated rings. The molecule has 1 aliphatic heterocycles. The van der Waals surface area contributed by atoms with Gasteiger partial charge < -0.3 is 15.2 Å². The summed E-state index contributed by atoms with van der Waals surface area (Å²) < 4.78 is 7.11. The highest BCUT2D eigenvalue weighted by atomic mass is 32.1. The van der Waals surface area contributed by atoms with Crippen LogP contribution in [0.2, 0.25) is 0 Å². The molecule has 7 nitrogen and oxygen atoms in total. The first-order valence-corrected chi connectivity index (χ1v) is 9.12. The third kappa shape index (κ3) is 2.53. The molecule has 134 valence electrons. The van der Waals surface area contributed by atoms with Crippen molar-refractivity contribution in [2.24, 2.45) is 0 Å². The highest BCUT2D eigenvalue weighted by Gasteiger charge is 2.25. The molecule has 0 atom stereocenters. The number of anilines is 1. The van der Waals surface area contributed by atoms with Crippen molar-refractivity contribution in [1.29, 1.82) is 0 Å². The Bertz CT molecular complexity index is 1050. The summed E-state index contributed by atoms with van der Waals surface area (Å²) >= 11 is 1.46. The number of amides is 1. The van der Waals surface area contributed by atoms with Gasteiger partial charge in [-0.15, -0.1) is 11.3 Å². The Morgan fingerprint density at radius 2 is 2.27 bits per heavy atom. The number of carboxylic acid groups (broad SMARTS) is 1. The van der Waals surface area contributed by atoms with Crippen LogP contribution in [0.25, 0.3) is 16.2 Å². The normalized spacial score (nSPS) is 13.4. The lowest BCUT2D eigenvalue weighted by atomic mass is 10.1. The Morgan fingerprint density at radius 1 is 1.46 bits per heavy atom. The summed E-state index contributed by atoms with van der Waals surface area (Å²) in [6.45, 7) is 3.94. The Hall–Kier alpha value is -2.87. The van der Waals surface area contributed by atoms with E-state index in [0.717, 1.165) is 22.6 Å². The number of rotatable bonds is 4. The van der Waals surface area contributed by atoms with Crippen molar-refractivity contribution in [3.05, 3.63) is 34.5 Å². The highest BCUT2D eigenvalue weighted by molar-refractivity contribution is 7.17. The number of hydrogen-bond donors (Lipinski definition) is 2. The van der Waals surface area contributed by atoms with Gasteiger partial charge in [0.15, 0.2) is 17.3 Å². The van der Waals surface area contributed by atoms with Gasteiger partial charge in [-0.05, 0) is 31.5 Å². The van der Waals surface area contributed by atoms with E-state index >= 15 is 0 Å². The zero-order chi connectivity index (χ0) is 18.4. The number of carbonyl (C=O) groups excluding carboxylic acids is 1. The van der Waals surface area contributed by atoms with Crippen LogP contribution in [0.15, 0.2) is 18.2 Å². The lowest BCUT2D eigenvalue weighted by Gasteiger charge is -2.18. The average Bonchev–Trinajstić information content (AvgIpc) is 3.08. The SMILES string of the molecule is CCCc1nc2sc(C)c(-c3ccc4c(c3)NC(=O)CO4)n2c1C(=O)O. The van der Waals surface area contributed by atoms with Crippen molar-refractivity contribution in [1.82, 2.24) is 9.38 Å². The number of carboxylic acids is 1. The smallest absolute Gasteiger partial charge is 0.354 e. The first-order valence-electron chi connectivity index (χ1n) is 8.30. The minimum absolute atomic E-state index is 0.000862. The lowest BCUT2D eigenvalue weighted by molar-refractivity contribution is -0.118. The van der Waals surface area contributed by atoms with Gasteiger partial charge in [0.25, 0.3) is 5.91 Å². The van der Waals surface area contributed by atoms with E-state index < -0.39 is 5.97 Å². The van der Waals surface area contributed by atoms with Crippen LogP contribution in [0.4, 0.5) is 5.69 Å². The quantitative estimate of drug-likeness (QED) is 0.734. The summed E-state index contributed by atoms with van der Waals surface area (Å²) in [7, 11) is 0. The molecule has 0 saturated carbocycles. The Kier molecular flexibility index (Phi) is 3.91. The molecule has 8 heteroatoms. The third-order valence-corrected chi connectivity index (χ3v) is 5.25. The molecule has 1 aromatic carbocycles. The molecule has 3 aromatic rings. The molecular weight excluding hydrogens is 354 g/mol. The Morgan fingerprint density at radius 3 is 3.00 bits per heavy atom. The summed E-state index contributed by atoms with van der Waals surface area (Å²) in [6, 6.07) is 5.47. The standard InChI is InChI=1S/C18H17N3O4S/c1-3-4-11-16(17(23)24)21-15(9(2)26-18(21)20-11)10-5-6-13-12(7-10)19-14(22)8-25-13/h5-7H,3-4,8H2,1-2H3,(H,19,22)(H,23,24). The minimum Gasteiger partial charge on any atom is -0.482 e. The van der Waals surface area contributed by atoms with Crippen molar-refractivity contribution >= 4 is 33.9 Å². The summed E-state index contributed by atoms with van der Waals surface area (Å²) in [4.78, 5) is 29.7. The Labute approximate surface area is 153 Å². The molecule has 1 aliphatic rings.